The van der Waals surface area contributed by atoms with Gasteiger partial charge in [-0.2, -0.15) is 0 Å². The molecular weight excluding hydrogens is 751 g/mol. The first kappa shape index (κ1) is 56.8. The third kappa shape index (κ3) is 40.2. The lowest BCUT2D eigenvalue weighted by Crippen LogP contribution is -2.55. The van der Waals surface area contributed by atoms with Crippen molar-refractivity contribution >= 4 is 17.9 Å². The molecule has 0 radical (unpaired) electrons. The van der Waals surface area contributed by atoms with Gasteiger partial charge in [0.15, 0.2) is 6.10 Å². The fraction of sp³-hybridized carbons (Fsp3) is 0.712. The molecule has 0 rings (SSSR count). The Morgan fingerprint density at radius 3 is 1.38 bits per heavy atom. The molecule has 0 fully saturated rings. The molecule has 0 aromatic rings. The van der Waals surface area contributed by atoms with E-state index in [0.29, 0.717) is 19.3 Å². The van der Waals surface area contributed by atoms with Crippen molar-refractivity contribution in [2.75, 3.05) is 41.0 Å². The van der Waals surface area contributed by atoms with Crippen molar-refractivity contribution in [1.29, 1.82) is 0 Å². The monoisotopic (exact) mass is 840 g/mol. The van der Waals surface area contributed by atoms with Gasteiger partial charge in [-0.15, -0.1) is 0 Å². The van der Waals surface area contributed by atoms with Gasteiger partial charge >= 0.3 is 11.9 Å². The molecule has 0 aliphatic rings. The number of hydrogen-bond donors (Lipinski definition) is 0. The molecule has 8 nitrogen and oxygen atoms in total. The van der Waals surface area contributed by atoms with Crippen LogP contribution < -0.4 is 5.11 Å². The molecule has 0 aromatic carbocycles. The van der Waals surface area contributed by atoms with E-state index in [0.717, 1.165) is 70.6 Å². The van der Waals surface area contributed by atoms with Crippen molar-refractivity contribution in [2.24, 2.45) is 0 Å². The number of ether oxygens (including phenoxy) is 3. The van der Waals surface area contributed by atoms with Crippen molar-refractivity contribution in [3.63, 3.8) is 0 Å². The second-order valence-electron chi connectivity index (χ2n) is 17.0. The molecule has 0 N–H and O–H groups in total. The lowest BCUT2D eigenvalue weighted by molar-refractivity contribution is -0.889. The van der Waals surface area contributed by atoms with Gasteiger partial charge in [0.25, 0.3) is 0 Å². The zero-order valence-electron chi connectivity index (χ0n) is 39.1. The van der Waals surface area contributed by atoms with Gasteiger partial charge in [-0.3, -0.25) is 9.59 Å². The van der Waals surface area contributed by atoms with Gasteiger partial charge in [-0.1, -0.05) is 177 Å². The van der Waals surface area contributed by atoms with Crippen LogP contribution in [0, 0.1) is 0 Å². The molecule has 0 bridgehead atoms. The summed E-state index contributed by atoms with van der Waals surface area (Å²) in [4.78, 5) is 36.9. The summed E-state index contributed by atoms with van der Waals surface area (Å²) in [6.45, 7) is 4.51. The molecule has 8 heteroatoms. The number of carboxylic acids is 1. The maximum absolute atomic E-state index is 12.7. The van der Waals surface area contributed by atoms with Gasteiger partial charge in [-0.05, 0) is 64.2 Å². The van der Waals surface area contributed by atoms with Crippen LogP contribution in [0.2, 0.25) is 0 Å². The number of esters is 2. The quantitative estimate of drug-likeness (QED) is 0.0261. The van der Waals surface area contributed by atoms with E-state index in [1.807, 2.05) is 0 Å². The molecule has 60 heavy (non-hydrogen) atoms. The highest BCUT2D eigenvalue weighted by atomic mass is 16.6. The second-order valence-corrected chi connectivity index (χ2v) is 17.0. The van der Waals surface area contributed by atoms with Crippen LogP contribution in [0.1, 0.15) is 187 Å². The van der Waals surface area contributed by atoms with Crippen LogP contribution in [-0.2, 0) is 28.6 Å². The van der Waals surface area contributed by atoms with Crippen molar-refractivity contribution in [1.82, 2.24) is 0 Å². The summed E-state index contributed by atoms with van der Waals surface area (Å²) in [7, 11) is 5.39. The summed E-state index contributed by atoms with van der Waals surface area (Å²) in [5, 5.41) is 11.6. The van der Waals surface area contributed by atoms with Crippen LogP contribution in [-0.4, -0.2) is 75.5 Å². The van der Waals surface area contributed by atoms with Gasteiger partial charge in [0, 0.05) is 19.3 Å². The topological polar surface area (TPSA) is 102 Å². The number of aliphatic carboxylic acids is 1. The van der Waals surface area contributed by atoms with Crippen molar-refractivity contribution < 1.29 is 38.2 Å². The summed E-state index contributed by atoms with van der Waals surface area (Å²) in [5.41, 5.74) is 0. The Morgan fingerprint density at radius 2 is 0.933 bits per heavy atom. The summed E-state index contributed by atoms with van der Waals surface area (Å²) in [6, 6.07) is -0.734. The standard InChI is InChI=1S/C52H89NO7/c1-6-8-10-12-14-16-18-20-22-23-24-25-26-27-29-30-32-34-36-38-40-42-50(54)59-47-48(46-58-45-44-49(52(56)57)53(3,4)5)60-51(55)43-41-39-37-35-33-31-28-21-19-17-15-13-11-9-7-2/h8,10,14,16,20,22,24-25,27,29,32,34,48-49H,6-7,9,11-13,15,17-19,21,23,26,28,30-31,33,35-47H2,1-5H3/b10-8+,16-14+,22-20+,25-24+,29-27+,34-32+. The average molecular weight is 840 g/mol. The van der Waals surface area contributed by atoms with Gasteiger partial charge < -0.3 is 28.6 Å². The molecule has 0 saturated carbocycles. The molecule has 0 amide bonds. The van der Waals surface area contributed by atoms with E-state index >= 15 is 0 Å². The summed E-state index contributed by atoms with van der Waals surface area (Å²) < 4.78 is 17.2. The van der Waals surface area contributed by atoms with E-state index in [-0.39, 0.29) is 42.7 Å². The van der Waals surface area contributed by atoms with Gasteiger partial charge in [0.1, 0.15) is 12.6 Å². The minimum absolute atomic E-state index is 0.0253. The van der Waals surface area contributed by atoms with Crippen molar-refractivity contribution in [3.8, 4) is 0 Å². The third-order valence-electron chi connectivity index (χ3n) is 10.4. The molecule has 0 spiro atoms. The Bertz CT molecular complexity index is 1210. The first-order valence-corrected chi connectivity index (χ1v) is 24.0. The molecule has 0 aliphatic carbocycles. The largest absolute Gasteiger partial charge is 0.544 e. The number of quaternary nitrogens is 1. The predicted molar refractivity (Wildman–Crippen MR) is 249 cm³/mol. The Hall–Kier alpha value is -3.23. The third-order valence-corrected chi connectivity index (χ3v) is 10.4. The SMILES string of the molecule is CC/C=C/C/C=C/C/C=C/C/C=C/C/C=C/C/C=C/CCCCC(=O)OCC(COCCC(C(=O)[O-])[N+](C)(C)C)OC(=O)CCCCCCCCCCCCCCCCC. The number of allylic oxidation sites excluding steroid dienone is 12. The van der Waals surface area contributed by atoms with Crippen LogP contribution in [0.4, 0.5) is 0 Å². The second kappa shape index (κ2) is 42.5. The van der Waals surface area contributed by atoms with E-state index in [9.17, 15) is 19.5 Å². The van der Waals surface area contributed by atoms with Gasteiger partial charge in [0.05, 0.1) is 40.3 Å². The maximum atomic E-state index is 12.7. The lowest BCUT2D eigenvalue weighted by Gasteiger charge is -2.34. The highest BCUT2D eigenvalue weighted by molar-refractivity contribution is 5.70. The minimum atomic E-state index is -1.13. The first-order valence-electron chi connectivity index (χ1n) is 24.0. The van der Waals surface area contributed by atoms with E-state index in [1.165, 1.54) is 77.0 Å². The van der Waals surface area contributed by atoms with E-state index < -0.39 is 18.1 Å². The Balaban J connectivity index is 4.38. The molecule has 0 heterocycles. The minimum Gasteiger partial charge on any atom is -0.544 e. The number of hydrogen-bond acceptors (Lipinski definition) is 7. The molecule has 2 atom stereocenters. The number of rotatable bonds is 42. The molecule has 2 unspecified atom stereocenters. The predicted octanol–water partition coefficient (Wildman–Crippen LogP) is 12.2. The summed E-state index contributed by atoms with van der Waals surface area (Å²) in [5.74, 6) is -1.79. The Kier molecular flexibility index (Phi) is 40.2. The molecule has 0 aromatic heterocycles. The Labute approximate surface area is 368 Å². The number of carbonyl (C=O) groups excluding carboxylic acids is 3. The highest BCUT2D eigenvalue weighted by Crippen LogP contribution is 2.15. The lowest BCUT2D eigenvalue weighted by atomic mass is 10.0. The summed E-state index contributed by atoms with van der Waals surface area (Å²) >= 11 is 0. The number of unbranched alkanes of at least 4 members (excludes halogenated alkanes) is 16. The number of carboxylic acid groups (broad SMARTS) is 1. The highest BCUT2D eigenvalue weighted by Gasteiger charge is 2.25. The van der Waals surface area contributed by atoms with E-state index in [2.05, 4.69) is 86.8 Å². The average Bonchev–Trinajstić information content (AvgIpc) is 3.21. The fourth-order valence-corrected chi connectivity index (χ4v) is 6.66. The van der Waals surface area contributed by atoms with Gasteiger partial charge in [0.2, 0.25) is 0 Å². The van der Waals surface area contributed by atoms with Crippen LogP contribution in [0.15, 0.2) is 72.9 Å². The molecule has 344 valence electrons. The van der Waals surface area contributed by atoms with Crippen LogP contribution in [0.3, 0.4) is 0 Å². The van der Waals surface area contributed by atoms with Gasteiger partial charge in [-0.25, -0.2) is 0 Å². The van der Waals surface area contributed by atoms with Crippen LogP contribution in [0.5, 0.6) is 0 Å². The first-order chi connectivity index (χ1) is 29.1. The Morgan fingerprint density at radius 1 is 0.517 bits per heavy atom. The molecule has 0 saturated heterocycles. The van der Waals surface area contributed by atoms with E-state index in [4.69, 9.17) is 14.2 Å². The van der Waals surface area contributed by atoms with Crippen LogP contribution in [0.25, 0.3) is 0 Å². The summed E-state index contributed by atoms with van der Waals surface area (Å²) in [6.07, 6.45) is 53.6. The number of nitrogens with zero attached hydrogens (tertiary/aromatic N) is 1. The number of likely N-dealkylation sites (N-methyl/N-ethyl adjacent to an activating group) is 1. The van der Waals surface area contributed by atoms with Crippen LogP contribution >= 0.6 is 0 Å². The zero-order chi connectivity index (χ0) is 44.2. The smallest absolute Gasteiger partial charge is 0.306 e. The van der Waals surface area contributed by atoms with Crippen molar-refractivity contribution in [3.05, 3.63) is 72.9 Å². The fourth-order valence-electron chi connectivity index (χ4n) is 6.66. The van der Waals surface area contributed by atoms with Crippen molar-refractivity contribution in [2.45, 2.75) is 199 Å². The molecular formula is C52H89NO7. The normalized spacial score (nSPS) is 13.6. The van der Waals surface area contributed by atoms with E-state index in [1.54, 1.807) is 21.1 Å². The maximum Gasteiger partial charge on any atom is 0.306 e. The zero-order valence-corrected chi connectivity index (χ0v) is 39.1. The number of carbonyl (C=O) groups is 3. The molecule has 0 aliphatic heterocycles.